The SMILES string of the molecule is CC1CC(=O)c2ccc(Cl)cc2O1. The summed E-state index contributed by atoms with van der Waals surface area (Å²) in [4.78, 5) is 11.5. The third-order valence-electron chi connectivity index (χ3n) is 2.05. The molecule has 1 aromatic rings. The van der Waals surface area contributed by atoms with Gasteiger partial charge in [-0.2, -0.15) is 0 Å². The van der Waals surface area contributed by atoms with E-state index in [0.717, 1.165) is 0 Å². The molecule has 0 aromatic heterocycles. The number of rotatable bonds is 0. The van der Waals surface area contributed by atoms with Gasteiger partial charge in [-0.05, 0) is 25.1 Å². The van der Waals surface area contributed by atoms with Gasteiger partial charge in [0, 0.05) is 11.4 Å². The topological polar surface area (TPSA) is 26.3 Å². The number of ether oxygens (including phenoxy) is 1. The molecule has 1 atom stereocenters. The lowest BCUT2D eigenvalue weighted by Gasteiger charge is -2.22. The van der Waals surface area contributed by atoms with Crippen LogP contribution in [0.4, 0.5) is 0 Å². The highest BCUT2D eigenvalue weighted by atomic mass is 35.5. The van der Waals surface area contributed by atoms with Gasteiger partial charge in [-0.1, -0.05) is 11.6 Å². The molecule has 2 nitrogen and oxygen atoms in total. The second kappa shape index (κ2) is 3.04. The van der Waals surface area contributed by atoms with Gasteiger partial charge in [0.05, 0.1) is 5.56 Å². The number of fused-ring (bicyclic) bond motifs is 1. The molecule has 0 N–H and O–H groups in total. The summed E-state index contributed by atoms with van der Waals surface area (Å²) in [7, 11) is 0. The molecule has 0 saturated heterocycles. The molecule has 1 unspecified atom stereocenters. The average Bonchev–Trinajstić information content (AvgIpc) is 2.02. The Morgan fingerprint density at radius 3 is 3.08 bits per heavy atom. The first-order chi connectivity index (χ1) is 6.16. The van der Waals surface area contributed by atoms with Crippen LogP contribution in [0, 0.1) is 0 Å². The molecular weight excluding hydrogens is 188 g/mol. The van der Waals surface area contributed by atoms with E-state index in [1.807, 2.05) is 6.92 Å². The number of halogens is 1. The van der Waals surface area contributed by atoms with Crippen LogP contribution in [-0.2, 0) is 0 Å². The summed E-state index contributed by atoms with van der Waals surface area (Å²) in [5.74, 6) is 0.738. The van der Waals surface area contributed by atoms with E-state index in [1.165, 1.54) is 0 Å². The second-order valence-corrected chi connectivity index (χ2v) is 3.63. The summed E-state index contributed by atoms with van der Waals surface area (Å²) in [5.41, 5.74) is 0.641. The van der Waals surface area contributed by atoms with E-state index in [2.05, 4.69) is 0 Å². The second-order valence-electron chi connectivity index (χ2n) is 3.20. The molecule has 0 amide bonds. The van der Waals surface area contributed by atoms with Crippen LogP contribution in [0.1, 0.15) is 23.7 Å². The highest BCUT2D eigenvalue weighted by molar-refractivity contribution is 6.30. The quantitative estimate of drug-likeness (QED) is 0.638. The highest BCUT2D eigenvalue weighted by Gasteiger charge is 2.23. The van der Waals surface area contributed by atoms with E-state index in [4.69, 9.17) is 16.3 Å². The third kappa shape index (κ3) is 1.54. The molecule has 1 heterocycles. The van der Waals surface area contributed by atoms with Crippen molar-refractivity contribution in [1.82, 2.24) is 0 Å². The van der Waals surface area contributed by atoms with Crippen LogP contribution in [0.25, 0.3) is 0 Å². The number of benzene rings is 1. The molecule has 68 valence electrons. The van der Waals surface area contributed by atoms with Crippen molar-refractivity contribution in [2.45, 2.75) is 19.4 Å². The van der Waals surface area contributed by atoms with Crippen LogP contribution in [-0.4, -0.2) is 11.9 Å². The van der Waals surface area contributed by atoms with E-state index in [0.29, 0.717) is 22.8 Å². The Bertz CT molecular complexity index is 360. The van der Waals surface area contributed by atoms with Crippen LogP contribution in [0.2, 0.25) is 5.02 Å². The zero-order valence-electron chi connectivity index (χ0n) is 7.21. The number of ketones is 1. The molecule has 13 heavy (non-hydrogen) atoms. The largest absolute Gasteiger partial charge is 0.489 e. The molecule has 0 fully saturated rings. The number of carbonyl (C=O) groups excluding carboxylic acids is 1. The molecule has 0 spiro atoms. The maximum absolute atomic E-state index is 11.5. The number of carbonyl (C=O) groups is 1. The van der Waals surface area contributed by atoms with Gasteiger partial charge in [0.25, 0.3) is 0 Å². The van der Waals surface area contributed by atoms with Gasteiger partial charge in [0.1, 0.15) is 11.9 Å². The smallest absolute Gasteiger partial charge is 0.170 e. The van der Waals surface area contributed by atoms with Gasteiger partial charge in [0.15, 0.2) is 5.78 Å². The summed E-state index contributed by atoms with van der Waals surface area (Å²) in [6.07, 6.45) is 0.410. The zero-order valence-corrected chi connectivity index (χ0v) is 7.97. The number of Topliss-reactive ketones (excluding diaryl/α,β-unsaturated/α-hetero) is 1. The minimum Gasteiger partial charge on any atom is -0.489 e. The number of hydrogen-bond acceptors (Lipinski definition) is 2. The Labute approximate surface area is 81.5 Å². The molecule has 1 aromatic carbocycles. The van der Waals surface area contributed by atoms with Gasteiger partial charge < -0.3 is 4.74 Å². The van der Waals surface area contributed by atoms with Gasteiger partial charge in [-0.25, -0.2) is 0 Å². The predicted molar refractivity (Wildman–Crippen MR) is 50.5 cm³/mol. The Morgan fingerprint density at radius 2 is 2.31 bits per heavy atom. The Balaban J connectivity index is 2.49. The van der Waals surface area contributed by atoms with Gasteiger partial charge >= 0.3 is 0 Å². The maximum atomic E-state index is 11.5. The Hall–Kier alpha value is -1.02. The minimum absolute atomic E-state index is 0.0431. The lowest BCUT2D eigenvalue weighted by atomic mass is 10.0. The van der Waals surface area contributed by atoms with E-state index in [1.54, 1.807) is 18.2 Å². The molecule has 3 heteroatoms. The molecule has 1 aliphatic heterocycles. The van der Waals surface area contributed by atoms with Crippen molar-refractivity contribution in [3.05, 3.63) is 28.8 Å². The predicted octanol–water partition coefficient (Wildman–Crippen LogP) is 2.69. The molecule has 0 radical (unpaired) electrons. The van der Waals surface area contributed by atoms with Crippen LogP contribution < -0.4 is 4.74 Å². The van der Waals surface area contributed by atoms with E-state index in [-0.39, 0.29) is 11.9 Å². The molecule has 0 saturated carbocycles. The van der Waals surface area contributed by atoms with E-state index < -0.39 is 0 Å². The first-order valence-corrected chi connectivity index (χ1v) is 4.54. The first-order valence-electron chi connectivity index (χ1n) is 4.16. The van der Waals surface area contributed by atoms with Crippen LogP contribution in [0.5, 0.6) is 5.75 Å². The van der Waals surface area contributed by atoms with Crippen molar-refractivity contribution in [1.29, 1.82) is 0 Å². The Morgan fingerprint density at radius 1 is 1.54 bits per heavy atom. The zero-order chi connectivity index (χ0) is 9.42. The standard InChI is InChI=1S/C10H9ClO2/c1-6-4-9(12)8-3-2-7(11)5-10(8)13-6/h2-3,5-6H,4H2,1H3. The number of hydrogen-bond donors (Lipinski definition) is 0. The van der Waals surface area contributed by atoms with Gasteiger partial charge in [-0.3, -0.25) is 4.79 Å². The lowest BCUT2D eigenvalue weighted by molar-refractivity contribution is 0.0871. The summed E-state index contributed by atoms with van der Waals surface area (Å²) in [5, 5.41) is 0.598. The van der Waals surface area contributed by atoms with Crippen LogP contribution in [0.3, 0.4) is 0 Å². The molecule has 2 rings (SSSR count). The maximum Gasteiger partial charge on any atom is 0.170 e. The fraction of sp³-hybridized carbons (Fsp3) is 0.300. The van der Waals surface area contributed by atoms with Crippen LogP contribution in [0.15, 0.2) is 18.2 Å². The van der Waals surface area contributed by atoms with E-state index in [9.17, 15) is 4.79 Å². The highest BCUT2D eigenvalue weighted by Crippen LogP contribution is 2.29. The van der Waals surface area contributed by atoms with Crippen molar-refractivity contribution in [3.8, 4) is 5.75 Å². The van der Waals surface area contributed by atoms with Crippen molar-refractivity contribution in [3.63, 3.8) is 0 Å². The summed E-state index contributed by atoms with van der Waals surface area (Å²) in [6.45, 7) is 1.88. The van der Waals surface area contributed by atoms with Crippen molar-refractivity contribution in [2.75, 3.05) is 0 Å². The van der Waals surface area contributed by atoms with Crippen molar-refractivity contribution in [2.24, 2.45) is 0 Å². The summed E-state index contributed by atoms with van der Waals surface area (Å²) in [6, 6.07) is 5.11. The molecule has 1 aliphatic rings. The fourth-order valence-corrected chi connectivity index (χ4v) is 1.62. The monoisotopic (exact) mass is 196 g/mol. The molecule has 0 bridgehead atoms. The van der Waals surface area contributed by atoms with Gasteiger partial charge in [0.2, 0.25) is 0 Å². The fourth-order valence-electron chi connectivity index (χ4n) is 1.45. The van der Waals surface area contributed by atoms with E-state index >= 15 is 0 Å². The summed E-state index contributed by atoms with van der Waals surface area (Å²) >= 11 is 5.78. The first kappa shape index (κ1) is 8.57. The average molecular weight is 197 g/mol. The minimum atomic E-state index is -0.0431. The molecule has 0 aliphatic carbocycles. The lowest BCUT2D eigenvalue weighted by Crippen LogP contribution is -2.23. The normalized spacial score (nSPS) is 20.8. The van der Waals surface area contributed by atoms with Crippen molar-refractivity contribution >= 4 is 17.4 Å². The van der Waals surface area contributed by atoms with Crippen molar-refractivity contribution < 1.29 is 9.53 Å². The van der Waals surface area contributed by atoms with Gasteiger partial charge in [-0.15, -0.1) is 0 Å². The molecular formula is C10H9ClO2. The summed E-state index contributed by atoms with van der Waals surface area (Å²) < 4.78 is 5.48. The Kier molecular flexibility index (Phi) is 2.00. The van der Waals surface area contributed by atoms with Crippen LogP contribution >= 0.6 is 11.6 Å². The third-order valence-corrected chi connectivity index (χ3v) is 2.28.